The van der Waals surface area contributed by atoms with E-state index in [0.29, 0.717) is 25.1 Å². The summed E-state index contributed by atoms with van der Waals surface area (Å²) in [6.45, 7) is 2.67. The van der Waals surface area contributed by atoms with Crippen LogP contribution in [0.1, 0.15) is 61.6 Å². The highest BCUT2D eigenvalue weighted by atomic mass is 16.5. The van der Waals surface area contributed by atoms with Gasteiger partial charge in [-0.25, -0.2) is 0 Å². The molecule has 0 saturated carbocycles. The maximum Gasteiger partial charge on any atom is 0.185 e. The fourth-order valence-corrected chi connectivity index (χ4v) is 4.65. The Bertz CT molecular complexity index is 1300. The predicted molar refractivity (Wildman–Crippen MR) is 154 cm³/mol. The molecule has 3 aromatic carbocycles. The van der Waals surface area contributed by atoms with Gasteiger partial charge in [0.1, 0.15) is 5.75 Å². The number of phenolic OH excluding ortho intramolecular Hbond substituents is 2. The van der Waals surface area contributed by atoms with Crippen molar-refractivity contribution in [3.05, 3.63) is 77.4 Å². The van der Waals surface area contributed by atoms with Gasteiger partial charge < -0.3 is 26.4 Å². The minimum atomic E-state index is -0.427. The number of unbranched alkanes of at least 4 members (excludes halogenated alkanes) is 3. The van der Waals surface area contributed by atoms with Gasteiger partial charge in [-0.3, -0.25) is 9.79 Å². The van der Waals surface area contributed by atoms with Gasteiger partial charge in [-0.1, -0.05) is 50.1 Å². The lowest BCUT2D eigenvalue weighted by Crippen LogP contribution is -2.23. The molecule has 6 N–H and O–H groups in total. The maximum absolute atomic E-state index is 13.5. The lowest BCUT2D eigenvalue weighted by Gasteiger charge is -2.17. The quantitative estimate of drug-likeness (QED) is 0.0967. The largest absolute Gasteiger partial charge is 0.508 e. The third-order valence-corrected chi connectivity index (χ3v) is 6.63. The second kappa shape index (κ2) is 14.1. The molecule has 0 spiro atoms. The molecule has 7 heteroatoms. The number of fused-ring (bicyclic) bond motifs is 1. The maximum atomic E-state index is 13.5. The minimum Gasteiger partial charge on any atom is -0.508 e. The van der Waals surface area contributed by atoms with Crippen molar-refractivity contribution in [1.82, 2.24) is 0 Å². The molecule has 0 radical (unpaired) electrons. The normalized spacial score (nSPS) is 12.1. The summed E-state index contributed by atoms with van der Waals surface area (Å²) >= 11 is 0. The summed E-state index contributed by atoms with van der Waals surface area (Å²) in [4.78, 5) is 17.5. The molecule has 7 nitrogen and oxygen atoms in total. The number of guanidine groups is 1. The van der Waals surface area contributed by atoms with E-state index in [1.807, 2.05) is 30.3 Å². The molecule has 0 aromatic heterocycles. The van der Waals surface area contributed by atoms with Crippen LogP contribution in [0.2, 0.25) is 0 Å². The van der Waals surface area contributed by atoms with Gasteiger partial charge in [0.25, 0.3) is 0 Å². The Kier molecular flexibility index (Phi) is 10.6. The standard InChI is InChI=1S/C31H39N3O4/c1-3-4-5-6-7-10-28(36)27(16-21-11-14-29(37)30(17-21)38-2)23-12-13-26-22(9-8-15-34-31(32)33)19-25(35)20-24(26)18-23/h7,10-14,17-20,27,35,37H,3-6,8-9,15-16H2,1-2H3,(H4,32,33,34). The van der Waals surface area contributed by atoms with Gasteiger partial charge in [0.2, 0.25) is 0 Å². The first-order chi connectivity index (χ1) is 18.3. The number of aliphatic imine (C=N–C) groups is 1. The van der Waals surface area contributed by atoms with Gasteiger partial charge in [0.15, 0.2) is 23.2 Å². The summed E-state index contributed by atoms with van der Waals surface area (Å²) in [6, 6.07) is 14.6. The molecular weight excluding hydrogens is 478 g/mol. The van der Waals surface area contributed by atoms with Crippen molar-refractivity contribution >= 4 is 22.5 Å². The summed E-state index contributed by atoms with van der Waals surface area (Å²) in [7, 11) is 1.51. The number of carbonyl (C=O) groups is 1. The van der Waals surface area contributed by atoms with Crippen LogP contribution < -0.4 is 16.2 Å². The van der Waals surface area contributed by atoms with Gasteiger partial charge in [-0.2, -0.15) is 0 Å². The summed E-state index contributed by atoms with van der Waals surface area (Å²) in [5.41, 5.74) is 13.6. The molecule has 0 saturated heterocycles. The number of ketones is 1. The topological polar surface area (TPSA) is 131 Å². The van der Waals surface area contributed by atoms with Crippen molar-refractivity contribution in [3.63, 3.8) is 0 Å². The second-order valence-corrected chi connectivity index (χ2v) is 9.56. The molecule has 1 unspecified atom stereocenters. The van der Waals surface area contributed by atoms with E-state index < -0.39 is 5.92 Å². The Morgan fingerprint density at radius 1 is 1.05 bits per heavy atom. The number of carbonyl (C=O) groups excluding carboxylic acids is 1. The van der Waals surface area contributed by atoms with E-state index in [9.17, 15) is 15.0 Å². The van der Waals surface area contributed by atoms with Crippen LogP contribution in [0.5, 0.6) is 17.2 Å². The summed E-state index contributed by atoms with van der Waals surface area (Å²) < 4.78 is 5.27. The third kappa shape index (κ3) is 8.00. The number of aryl methyl sites for hydroxylation is 1. The van der Waals surface area contributed by atoms with Crippen molar-refractivity contribution in [3.8, 4) is 17.2 Å². The fourth-order valence-electron chi connectivity index (χ4n) is 4.65. The van der Waals surface area contributed by atoms with Crippen LogP contribution in [0.3, 0.4) is 0 Å². The molecule has 0 aliphatic heterocycles. The molecule has 3 rings (SSSR count). The number of aromatic hydroxyl groups is 2. The van der Waals surface area contributed by atoms with Crippen LogP contribution in [0.4, 0.5) is 0 Å². The number of hydrogen-bond donors (Lipinski definition) is 4. The Hall–Kier alpha value is -4.00. The molecule has 0 amide bonds. The van der Waals surface area contributed by atoms with Crippen LogP contribution in [-0.2, 0) is 17.6 Å². The average molecular weight is 518 g/mol. The molecule has 0 bridgehead atoms. The van der Waals surface area contributed by atoms with E-state index in [-0.39, 0.29) is 23.2 Å². The van der Waals surface area contributed by atoms with Gasteiger partial charge in [-0.15, -0.1) is 0 Å². The number of nitrogens with two attached hydrogens (primary N) is 2. The number of methoxy groups -OCH3 is 1. The molecule has 3 aromatic rings. The van der Waals surface area contributed by atoms with Gasteiger partial charge in [0.05, 0.1) is 13.0 Å². The third-order valence-electron chi connectivity index (χ3n) is 6.63. The van der Waals surface area contributed by atoms with Crippen molar-refractivity contribution < 1.29 is 19.7 Å². The Balaban J connectivity index is 1.94. The predicted octanol–water partition coefficient (Wildman–Crippen LogP) is 5.50. The van der Waals surface area contributed by atoms with Gasteiger partial charge >= 0.3 is 0 Å². The zero-order valence-electron chi connectivity index (χ0n) is 22.3. The molecule has 38 heavy (non-hydrogen) atoms. The summed E-state index contributed by atoms with van der Waals surface area (Å²) in [5, 5.41) is 22.3. The lowest BCUT2D eigenvalue weighted by molar-refractivity contribution is -0.116. The minimum absolute atomic E-state index is 0.0190. The van der Waals surface area contributed by atoms with E-state index >= 15 is 0 Å². The SMILES string of the molecule is CCCCCC=CC(=O)C(Cc1ccc(O)c(OC)c1)c1ccc2c(CCCN=C(N)N)cc(O)cc2c1. The van der Waals surface area contributed by atoms with Crippen molar-refractivity contribution in [2.24, 2.45) is 16.5 Å². The van der Waals surface area contributed by atoms with Crippen LogP contribution in [-0.4, -0.2) is 35.6 Å². The van der Waals surface area contributed by atoms with E-state index in [4.69, 9.17) is 16.2 Å². The molecule has 0 aliphatic carbocycles. The molecule has 1 atom stereocenters. The molecule has 0 aliphatic rings. The number of nitrogens with zero attached hydrogens (tertiary/aromatic N) is 1. The van der Waals surface area contributed by atoms with Crippen molar-refractivity contribution in [2.45, 2.75) is 57.8 Å². The average Bonchev–Trinajstić information content (AvgIpc) is 2.89. The highest BCUT2D eigenvalue weighted by molar-refractivity contribution is 5.97. The number of ether oxygens (including phenoxy) is 1. The first kappa shape index (κ1) is 28.6. The Morgan fingerprint density at radius 2 is 1.87 bits per heavy atom. The van der Waals surface area contributed by atoms with E-state index in [1.165, 1.54) is 7.11 Å². The van der Waals surface area contributed by atoms with E-state index in [1.54, 1.807) is 30.3 Å². The smallest absolute Gasteiger partial charge is 0.185 e. The highest BCUT2D eigenvalue weighted by Gasteiger charge is 2.21. The van der Waals surface area contributed by atoms with Crippen LogP contribution in [0.15, 0.2) is 65.7 Å². The zero-order chi connectivity index (χ0) is 27.5. The second-order valence-electron chi connectivity index (χ2n) is 9.56. The number of allylic oxidation sites excluding steroid dienone is 2. The van der Waals surface area contributed by atoms with E-state index in [2.05, 4.69) is 11.9 Å². The van der Waals surface area contributed by atoms with E-state index in [0.717, 1.165) is 59.6 Å². The number of rotatable bonds is 14. The summed E-state index contributed by atoms with van der Waals surface area (Å²) in [5.74, 6) is 0.264. The number of benzene rings is 3. The molecule has 0 fully saturated rings. The summed E-state index contributed by atoms with van der Waals surface area (Å²) in [6.07, 6.45) is 9.75. The lowest BCUT2D eigenvalue weighted by atomic mass is 9.86. The van der Waals surface area contributed by atoms with Crippen LogP contribution in [0.25, 0.3) is 10.8 Å². The molecule has 202 valence electrons. The highest BCUT2D eigenvalue weighted by Crippen LogP contribution is 2.33. The molecular formula is C31H39N3O4. The zero-order valence-corrected chi connectivity index (χ0v) is 22.3. The monoisotopic (exact) mass is 517 g/mol. The van der Waals surface area contributed by atoms with Crippen LogP contribution >= 0.6 is 0 Å². The first-order valence-corrected chi connectivity index (χ1v) is 13.2. The number of phenols is 2. The Morgan fingerprint density at radius 3 is 2.61 bits per heavy atom. The van der Waals surface area contributed by atoms with Crippen molar-refractivity contribution in [1.29, 1.82) is 0 Å². The van der Waals surface area contributed by atoms with Gasteiger partial charge in [-0.05, 0) is 89.9 Å². The fraction of sp³-hybridized carbons (Fsp3) is 0.355. The Labute approximate surface area is 224 Å². The first-order valence-electron chi connectivity index (χ1n) is 13.2. The van der Waals surface area contributed by atoms with Crippen molar-refractivity contribution in [2.75, 3.05) is 13.7 Å². The molecule has 0 heterocycles. The number of hydrogen-bond acceptors (Lipinski definition) is 5. The van der Waals surface area contributed by atoms with Crippen LogP contribution in [0, 0.1) is 0 Å². The van der Waals surface area contributed by atoms with Gasteiger partial charge in [0, 0.05) is 6.54 Å².